The van der Waals surface area contributed by atoms with Crippen molar-refractivity contribution in [3.63, 3.8) is 0 Å². The summed E-state index contributed by atoms with van der Waals surface area (Å²) in [4.78, 5) is 24.5. The molecule has 2 aromatic rings. The molecule has 162 valence electrons. The van der Waals surface area contributed by atoms with Gasteiger partial charge >= 0.3 is 5.97 Å². The van der Waals surface area contributed by atoms with Gasteiger partial charge in [-0.2, -0.15) is 0 Å². The van der Waals surface area contributed by atoms with Crippen LogP contribution in [0.2, 0.25) is 0 Å². The molecule has 0 heterocycles. The number of rotatable bonds is 8. The number of hydrogen-bond acceptors (Lipinski definition) is 5. The molecule has 1 unspecified atom stereocenters. The van der Waals surface area contributed by atoms with Crippen molar-refractivity contribution in [2.45, 2.75) is 64.6 Å². The molecule has 0 saturated heterocycles. The molecule has 0 saturated carbocycles. The van der Waals surface area contributed by atoms with Gasteiger partial charge in [0, 0.05) is 18.4 Å². The summed E-state index contributed by atoms with van der Waals surface area (Å²) in [6.45, 7) is 11.7. The molecule has 0 aromatic heterocycles. The van der Waals surface area contributed by atoms with Gasteiger partial charge in [0.1, 0.15) is 11.6 Å². The molecular weight excluding hydrogens is 396 g/mol. The van der Waals surface area contributed by atoms with Crippen LogP contribution in [0.15, 0.2) is 53.4 Å². The highest BCUT2D eigenvalue weighted by atomic mass is 32.2. The van der Waals surface area contributed by atoms with Crippen LogP contribution in [0.4, 0.5) is 0 Å². The van der Waals surface area contributed by atoms with Crippen LogP contribution in [0, 0.1) is 5.92 Å². The average Bonchev–Trinajstić information content (AvgIpc) is 2.66. The highest BCUT2D eigenvalue weighted by Crippen LogP contribution is 2.25. The first-order valence-electron chi connectivity index (χ1n) is 10.1. The predicted octanol–water partition coefficient (Wildman–Crippen LogP) is 4.95. The summed E-state index contributed by atoms with van der Waals surface area (Å²) in [5, 5.41) is 2.80. The van der Waals surface area contributed by atoms with Crippen molar-refractivity contribution in [1.82, 2.24) is 10.0 Å². The van der Waals surface area contributed by atoms with E-state index in [1.807, 2.05) is 58.9 Å². The normalized spacial score (nSPS) is 12.5. The van der Waals surface area contributed by atoms with E-state index in [9.17, 15) is 9.59 Å². The second kappa shape index (κ2) is 10.6. The highest BCUT2D eigenvalue weighted by molar-refractivity contribution is 7.97. The van der Waals surface area contributed by atoms with Crippen LogP contribution in [-0.2, 0) is 20.9 Å². The number of esters is 1. The van der Waals surface area contributed by atoms with Gasteiger partial charge in [-0.05, 0) is 67.5 Å². The third-order valence-corrected chi connectivity index (χ3v) is 5.19. The van der Waals surface area contributed by atoms with E-state index < -0.39 is 5.60 Å². The summed E-state index contributed by atoms with van der Waals surface area (Å²) < 4.78 is 8.78. The van der Waals surface area contributed by atoms with E-state index >= 15 is 0 Å². The van der Waals surface area contributed by atoms with Gasteiger partial charge < -0.3 is 10.1 Å². The van der Waals surface area contributed by atoms with E-state index in [1.165, 1.54) is 18.9 Å². The molecule has 2 aromatic carbocycles. The van der Waals surface area contributed by atoms with Crippen LogP contribution < -0.4 is 10.0 Å². The van der Waals surface area contributed by atoms with Crippen molar-refractivity contribution < 1.29 is 14.3 Å². The fraction of sp³-hybridized carbons (Fsp3) is 0.417. The first-order valence-corrected chi connectivity index (χ1v) is 11.0. The topological polar surface area (TPSA) is 67.4 Å². The second-order valence-electron chi connectivity index (χ2n) is 8.61. The Labute approximate surface area is 184 Å². The Hall–Kier alpha value is -2.31. The maximum Gasteiger partial charge on any atom is 0.324 e. The zero-order valence-corrected chi connectivity index (χ0v) is 19.4. The number of benzene rings is 2. The Morgan fingerprint density at radius 1 is 0.967 bits per heavy atom. The lowest BCUT2D eigenvalue weighted by Crippen LogP contribution is -2.41. The van der Waals surface area contributed by atoms with Crippen molar-refractivity contribution in [2.24, 2.45) is 5.92 Å². The van der Waals surface area contributed by atoms with Gasteiger partial charge in [-0.15, -0.1) is 0 Å². The van der Waals surface area contributed by atoms with E-state index in [0.717, 1.165) is 21.6 Å². The van der Waals surface area contributed by atoms with Crippen LogP contribution in [0.5, 0.6) is 0 Å². The van der Waals surface area contributed by atoms with Gasteiger partial charge in [0.15, 0.2) is 0 Å². The average molecular weight is 429 g/mol. The van der Waals surface area contributed by atoms with Gasteiger partial charge in [-0.3, -0.25) is 9.59 Å². The Bertz CT molecular complexity index is 840. The van der Waals surface area contributed by atoms with E-state index in [0.29, 0.717) is 6.54 Å². The van der Waals surface area contributed by atoms with E-state index in [2.05, 4.69) is 34.3 Å². The minimum Gasteiger partial charge on any atom is -0.459 e. The molecule has 0 spiro atoms. The number of carbonyl (C=O) groups is 2. The molecule has 2 N–H and O–H groups in total. The van der Waals surface area contributed by atoms with Crippen molar-refractivity contribution in [3.05, 3.63) is 54.1 Å². The third kappa shape index (κ3) is 7.84. The molecular formula is C24H32N2O3S. The largest absolute Gasteiger partial charge is 0.459 e. The molecule has 0 fully saturated rings. The first kappa shape index (κ1) is 24.0. The molecule has 0 radical (unpaired) electrons. The van der Waals surface area contributed by atoms with Crippen LogP contribution in [0.1, 0.15) is 47.1 Å². The minimum absolute atomic E-state index is 0.0350. The van der Waals surface area contributed by atoms with Gasteiger partial charge in [0.05, 0.1) is 0 Å². The lowest BCUT2D eigenvalue weighted by molar-refractivity contribution is -0.158. The monoisotopic (exact) mass is 428 g/mol. The van der Waals surface area contributed by atoms with Crippen LogP contribution in [0.25, 0.3) is 11.1 Å². The maximum atomic E-state index is 12.5. The Morgan fingerprint density at radius 2 is 1.50 bits per heavy atom. The molecule has 0 aliphatic heterocycles. The second-order valence-corrected chi connectivity index (χ2v) is 9.52. The molecule has 1 amide bonds. The highest BCUT2D eigenvalue weighted by Gasteiger charge is 2.27. The summed E-state index contributed by atoms with van der Waals surface area (Å²) in [6.07, 6.45) is 0. The number of nitrogens with one attached hydrogen (secondary N) is 2. The van der Waals surface area contributed by atoms with Gasteiger partial charge in [-0.25, -0.2) is 4.72 Å². The van der Waals surface area contributed by atoms with Gasteiger partial charge in [-0.1, -0.05) is 50.2 Å². The Kier molecular flexibility index (Phi) is 8.50. The van der Waals surface area contributed by atoms with Crippen LogP contribution in [0.3, 0.4) is 0 Å². The number of carbonyl (C=O) groups excluding carboxylic acids is 2. The first-order chi connectivity index (χ1) is 14.0. The SMILES string of the molecule is CC(=O)NCc1ccc(-c2ccc(SNC(C(=O)OC(C)(C)C)C(C)C)cc2)cc1. The quantitative estimate of drug-likeness (QED) is 0.460. The summed E-state index contributed by atoms with van der Waals surface area (Å²) in [5.41, 5.74) is 2.78. The van der Waals surface area contributed by atoms with Crippen molar-refractivity contribution >= 4 is 23.8 Å². The van der Waals surface area contributed by atoms with Crippen LogP contribution >= 0.6 is 11.9 Å². The maximum absolute atomic E-state index is 12.5. The number of ether oxygens (including phenoxy) is 1. The standard InChI is InChI=1S/C24H32N2O3S/c1-16(2)22(23(28)29-24(4,5)6)26-30-21-13-11-20(12-14-21)19-9-7-18(8-10-19)15-25-17(3)27/h7-14,16,22,26H,15H2,1-6H3,(H,25,27). The van der Waals surface area contributed by atoms with Crippen molar-refractivity contribution in [3.8, 4) is 11.1 Å². The summed E-state index contributed by atoms with van der Waals surface area (Å²) in [6, 6.07) is 15.9. The summed E-state index contributed by atoms with van der Waals surface area (Å²) >= 11 is 1.44. The zero-order valence-electron chi connectivity index (χ0n) is 18.6. The molecule has 2 rings (SSSR count). The smallest absolute Gasteiger partial charge is 0.324 e. The van der Waals surface area contributed by atoms with Gasteiger partial charge in [0.25, 0.3) is 0 Å². The van der Waals surface area contributed by atoms with Crippen molar-refractivity contribution in [2.75, 3.05) is 0 Å². The zero-order chi connectivity index (χ0) is 22.3. The van der Waals surface area contributed by atoms with Gasteiger partial charge in [0.2, 0.25) is 5.91 Å². The van der Waals surface area contributed by atoms with Crippen molar-refractivity contribution in [1.29, 1.82) is 0 Å². The summed E-state index contributed by atoms with van der Waals surface area (Å²) in [7, 11) is 0. The molecule has 0 bridgehead atoms. The number of amides is 1. The van der Waals surface area contributed by atoms with E-state index in [-0.39, 0.29) is 23.8 Å². The molecule has 6 heteroatoms. The number of hydrogen-bond donors (Lipinski definition) is 2. The van der Waals surface area contributed by atoms with E-state index in [1.54, 1.807) is 0 Å². The third-order valence-electron chi connectivity index (χ3n) is 4.31. The van der Waals surface area contributed by atoms with Crippen LogP contribution in [-0.4, -0.2) is 23.5 Å². The Morgan fingerprint density at radius 3 is 1.97 bits per heavy atom. The minimum atomic E-state index is -0.504. The lowest BCUT2D eigenvalue weighted by atomic mass is 10.0. The predicted molar refractivity (Wildman–Crippen MR) is 123 cm³/mol. The fourth-order valence-corrected chi connectivity index (χ4v) is 3.61. The lowest BCUT2D eigenvalue weighted by Gasteiger charge is -2.26. The molecule has 5 nitrogen and oxygen atoms in total. The fourth-order valence-electron chi connectivity index (χ4n) is 2.71. The molecule has 0 aliphatic carbocycles. The molecule has 0 aliphatic rings. The Balaban J connectivity index is 1.98. The summed E-state index contributed by atoms with van der Waals surface area (Å²) in [5.74, 6) is -0.157. The van der Waals surface area contributed by atoms with E-state index in [4.69, 9.17) is 4.74 Å². The molecule has 30 heavy (non-hydrogen) atoms. The molecule has 1 atom stereocenters.